The number of unbranched alkanes of at least 4 members (excludes halogenated alkanes) is 42. The molecular weight excluding hydrogens is 864 g/mol. The number of rotatable bonds is 60. The minimum absolute atomic E-state index is 0.206. The molecule has 3 atom stereocenters. The summed E-state index contributed by atoms with van der Waals surface area (Å²) in [5.74, 6) is 0. The lowest BCUT2D eigenvalue weighted by atomic mass is 10.0. The molecule has 7 nitrogen and oxygen atoms in total. The molecule has 0 aromatic rings. The first-order chi connectivity index (χ1) is 33.5. The predicted molar refractivity (Wildman–Crippen MR) is 295 cm³/mol. The van der Waals surface area contributed by atoms with E-state index in [-0.39, 0.29) is 18.3 Å². The van der Waals surface area contributed by atoms with Gasteiger partial charge < -0.3 is 0 Å². The van der Waals surface area contributed by atoms with Crippen LogP contribution in [0.2, 0.25) is 0 Å². The molecule has 0 aliphatic heterocycles. The van der Waals surface area contributed by atoms with Crippen LogP contribution >= 0.6 is 7.82 Å². The summed E-state index contributed by atoms with van der Waals surface area (Å²) < 4.78 is 30.8. The van der Waals surface area contributed by atoms with Gasteiger partial charge in [-0.3, -0.25) is 0 Å². The monoisotopic (exact) mass is 987 g/mol. The van der Waals surface area contributed by atoms with Gasteiger partial charge >= 0.3 is 7.82 Å². The fraction of sp³-hybridized carbons (Fsp3) is 1.00. The maximum atomic E-state index is 14.1. The van der Waals surface area contributed by atoms with E-state index in [0.717, 1.165) is 57.8 Å². The number of hydrogen-bond acceptors (Lipinski definition) is 7. The standard InChI is InChI=1S/C60H123O7P/c1-7-13-16-19-22-25-28-31-34-37-40-43-46-49-52-55-58(10-4)62-65-68(61,66-63-59(11-5)56-53-50-47-44-41-38-35-32-29-26-23-20-17-14-8-2)67-64-60(12-6)57-54-51-48-45-42-39-36-33-30-27-24-21-18-15-9-3/h58-60H,7-57H2,1-6H3. The van der Waals surface area contributed by atoms with E-state index in [1.165, 1.54) is 270 Å². The lowest BCUT2D eigenvalue weighted by molar-refractivity contribution is -0.354. The lowest BCUT2D eigenvalue weighted by Crippen LogP contribution is -2.18. The van der Waals surface area contributed by atoms with E-state index in [2.05, 4.69) is 41.5 Å². The molecule has 0 amide bonds. The van der Waals surface area contributed by atoms with Crippen molar-refractivity contribution in [3.63, 3.8) is 0 Å². The van der Waals surface area contributed by atoms with Gasteiger partial charge in [-0.05, 0) is 38.5 Å². The molecule has 0 spiro atoms. The molecule has 0 aromatic heterocycles. The fourth-order valence-corrected chi connectivity index (χ4v) is 10.3. The molecule has 0 bridgehead atoms. The van der Waals surface area contributed by atoms with Crippen molar-refractivity contribution < 1.29 is 33.3 Å². The van der Waals surface area contributed by atoms with Crippen LogP contribution < -0.4 is 0 Å². The lowest BCUT2D eigenvalue weighted by Gasteiger charge is -2.22. The minimum Gasteiger partial charge on any atom is -0.223 e. The Hall–Kier alpha value is -0.0100. The summed E-state index contributed by atoms with van der Waals surface area (Å²) in [4.78, 5) is 17.4. The van der Waals surface area contributed by atoms with Gasteiger partial charge in [0.05, 0.1) is 18.3 Å². The van der Waals surface area contributed by atoms with E-state index in [4.69, 9.17) is 28.7 Å². The van der Waals surface area contributed by atoms with Crippen molar-refractivity contribution >= 4 is 7.82 Å². The normalized spacial score (nSPS) is 14.1. The van der Waals surface area contributed by atoms with Gasteiger partial charge in [-0.2, -0.15) is 0 Å². The van der Waals surface area contributed by atoms with Crippen LogP contribution in [0.3, 0.4) is 0 Å². The van der Waals surface area contributed by atoms with Crippen molar-refractivity contribution in [3.05, 3.63) is 0 Å². The van der Waals surface area contributed by atoms with E-state index in [9.17, 15) is 4.57 Å². The average Bonchev–Trinajstić information content (AvgIpc) is 3.35. The third kappa shape index (κ3) is 49.6. The third-order valence-corrected chi connectivity index (χ3v) is 15.4. The zero-order valence-corrected chi connectivity index (χ0v) is 48.0. The summed E-state index contributed by atoms with van der Waals surface area (Å²) in [5, 5.41) is 0. The first-order valence-electron chi connectivity index (χ1n) is 31.1. The molecule has 0 radical (unpaired) electrons. The summed E-state index contributed by atoms with van der Waals surface area (Å²) in [7, 11) is -4.31. The molecule has 0 fully saturated rings. The second-order valence-electron chi connectivity index (χ2n) is 21.3. The van der Waals surface area contributed by atoms with Crippen molar-refractivity contribution in [1.29, 1.82) is 0 Å². The molecule has 410 valence electrons. The van der Waals surface area contributed by atoms with Gasteiger partial charge in [-0.1, -0.05) is 330 Å². The molecular formula is C60H123O7P. The Morgan fingerprint density at radius 1 is 0.235 bits per heavy atom. The molecule has 0 aliphatic rings. The third-order valence-electron chi connectivity index (χ3n) is 14.6. The molecule has 0 saturated heterocycles. The Morgan fingerprint density at radius 3 is 0.529 bits per heavy atom. The zero-order chi connectivity index (χ0) is 49.5. The van der Waals surface area contributed by atoms with Crippen molar-refractivity contribution in [3.8, 4) is 0 Å². The van der Waals surface area contributed by atoms with Crippen LogP contribution in [0.15, 0.2) is 0 Å². The van der Waals surface area contributed by atoms with Crippen molar-refractivity contribution in [2.24, 2.45) is 0 Å². The zero-order valence-electron chi connectivity index (χ0n) is 47.1. The van der Waals surface area contributed by atoms with Gasteiger partial charge in [-0.15, -0.1) is 14.0 Å². The maximum Gasteiger partial charge on any atom is 0.556 e. The van der Waals surface area contributed by atoms with Crippen LogP contribution in [0, 0.1) is 0 Å². The van der Waals surface area contributed by atoms with Gasteiger partial charge in [0, 0.05) is 0 Å². The maximum absolute atomic E-state index is 14.1. The number of phosphoric acid groups is 1. The van der Waals surface area contributed by atoms with Crippen molar-refractivity contribution in [2.75, 3.05) is 0 Å². The van der Waals surface area contributed by atoms with Crippen LogP contribution in [0.4, 0.5) is 0 Å². The van der Waals surface area contributed by atoms with E-state index < -0.39 is 7.82 Å². The number of hydrogen-bond donors (Lipinski definition) is 0. The SMILES string of the molecule is CCCCCCCCCCCCCCCCCC(CC)OOP(=O)(OOC(CC)CCCCCCCCCCCCCCCCC)OOC(CC)CCCCCCCCCCCCCCCCC. The molecule has 0 aliphatic carbocycles. The van der Waals surface area contributed by atoms with Gasteiger partial charge in [0.15, 0.2) is 0 Å². The highest BCUT2D eigenvalue weighted by atomic mass is 31.2. The molecule has 8 heteroatoms. The average molecular weight is 988 g/mol. The Balaban J connectivity index is 4.70. The van der Waals surface area contributed by atoms with E-state index in [0.29, 0.717) is 0 Å². The minimum atomic E-state index is -4.31. The van der Waals surface area contributed by atoms with Crippen LogP contribution in [-0.2, 0) is 33.3 Å². The summed E-state index contributed by atoms with van der Waals surface area (Å²) in [6, 6.07) is 0. The predicted octanol–water partition coefficient (Wildman–Crippen LogP) is 23.1. The van der Waals surface area contributed by atoms with Gasteiger partial charge in [0.2, 0.25) is 0 Å². The molecule has 0 heterocycles. The topological polar surface area (TPSA) is 72.5 Å². The first-order valence-corrected chi connectivity index (χ1v) is 32.6. The summed E-state index contributed by atoms with van der Waals surface area (Å²) >= 11 is 0. The smallest absolute Gasteiger partial charge is 0.223 e. The van der Waals surface area contributed by atoms with Gasteiger partial charge in [0.25, 0.3) is 0 Å². The van der Waals surface area contributed by atoms with Crippen LogP contribution in [0.1, 0.15) is 369 Å². The molecule has 0 N–H and O–H groups in total. The highest BCUT2D eigenvalue weighted by Gasteiger charge is 2.36. The molecule has 0 saturated carbocycles. The van der Waals surface area contributed by atoms with Gasteiger partial charge in [-0.25, -0.2) is 19.2 Å². The quantitative estimate of drug-likeness (QED) is 0.0260. The molecule has 3 unspecified atom stereocenters. The second-order valence-corrected chi connectivity index (χ2v) is 22.6. The van der Waals surface area contributed by atoms with E-state index in [1.807, 2.05) is 0 Å². The largest absolute Gasteiger partial charge is 0.556 e. The fourth-order valence-electron chi connectivity index (χ4n) is 9.57. The highest BCUT2D eigenvalue weighted by molar-refractivity contribution is 7.48. The Kier molecular flexibility index (Phi) is 56.3. The van der Waals surface area contributed by atoms with Crippen LogP contribution in [-0.4, -0.2) is 18.3 Å². The Bertz CT molecular complexity index is 865. The Labute approximate surface area is 426 Å². The Morgan fingerprint density at radius 2 is 0.382 bits per heavy atom. The van der Waals surface area contributed by atoms with E-state index >= 15 is 0 Å². The highest BCUT2D eigenvalue weighted by Crippen LogP contribution is 2.51. The van der Waals surface area contributed by atoms with Crippen molar-refractivity contribution in [1.82, 2.24) is 0 Å². The first kappa shape index (κ1) is 68.0. The van der Waals surface area contributed by atoms with Crippen molar-refractivity contribution in [2.45, 2.75) is 387 Å². The molecule has 0 aromatic carbocycles. The molecule has 68 heavy (non-hydrogen) atoms. The summed E-state index contributed by atoms with van der Waals surface area (Å²) in [6.07, 6.45) is 64.3. The van der Waals surface area contributed by atoms with Crippen LogP contribution in [0.5, 0.6) is 0 Å². The van der Waals surface area contributed by atoms with Gasteiger partial charge in [0.1, 0.15) is 0 Å². The summed E-state index contributed by atoms with van der Waals surface area (Å²) in [6.45, 7) is 13.1. The van der Waals surface area contributed by atoms with Crippen LogP contribution in [0.25, 0.3) is 0 Å². The summed E-state index contributed by atoms with van der Waals surface area (Å²) in [5.41, 5.74) is 0. The van der Waals surface area contributed by atoms with E-state index in [1.54, 1.807) is 0 Å². The molecule has 0 rings (SSSR count). The second kappa shape index (κ2) is 56.3.